The lowest BCUT2D eigenvalue weighted by molar-refractivity contribution is -0.151. The number of nitrogens with one attached hydrogen (secondary N) is 1. The summed E-state index contributed by atoms with van der Waals surface area (Å²) in [5, 5.41) is 5.13. The van der Waals surface area contributed by atoms with Crippen LogP contribution in [-0.2, 0) is 14.4 Å². The Kier molecular flexibility index (Phi) is 5.51. The summed E-state index contributed by atoms with van der Waals surface area (Å²) in [6, 6.07) is 19.6. The number of rotatable bonds is 4. The molecule has 5 heteroatoms. The molecule has 0 bridgehead atoms. The quantitative estimate of drug-likeness (QED) is 0.792. The van der Waals surface area contributed by atoms with Gasteiger partial charge in [0.15, 0.2) is 5.76 Å². The van der Waals surface area contributed by atoms with Crippen LogP contribution >= 0.6 is 0 Å². The number of benzene rings is 2. The van der Waals surface area contributed by atoms with E-state index in [2.05, 4.69) is 5.32 Å². The fourth-order valence-electron chi connectivity index (χ4n) is 2.65. The van der Waals surface area contributed by atoms with Gasteiger partial charge in [-0.15, -0.1) is 0 Å². The van der Waals surface area contributed by atoms with Crippen molar-refractivity contribution in [2.45, 2.75) is 33.9 Å². The molecular weight excluding hydrogens is 340 g/mol. The van der Waals surface area contributed by atoms with Crippen LogP contribution in [0.15, 0.2) is 72.0 Å². The number of nitrogens with zero attached hydrogens (tertiary/aromatic N) is 1. The maximum atomic E-state index is 12.5. The summed E-state index contributed by atoms with van der Waals surface area (Å²) in [6.07, 6.45) is -0.604. The van der Waals surface area contributed by atoms with Crippen molar-refractivity contribution in [1.29, 1.82) is 0 Å². The van der Waals surface area contributed by atoms with E-state index in [1.165, 1.54) is 0 Å². The number of ether oxygens (including phenoxy) is 1. The summed E-state index contributed by atoms with van der Waals surface area (Å²) < 4.78 is 5.76. The van der Waals surface area contributed by atoms with Crippen molar-refractivity contribution in [2.75, 3.05) is 16.9 Å². The number of anilines is 2. The summed E-state index contributed by atoms with van der Waals surface area (Å²) in [6.45, 7) is 7.99. The van der Waals surface area contributed by atoms with Gasteiger partial charge in [0.1, 0.15) is 0 Å². The fraction of sp³-hybridized carbons (Fsp3) is 0.318. The standard InChI is InChI=1S/C22H26N2O3/c1-16-15-24(18-13-9-6-10-14-18)27-20(23-17-11-7-5-8-12-17)19(16)26-21(25)22(2,3)4/h5-14,20,23H,15H2,1-4H3/t20-/m0/s1. The van der Waals surface area contributed by atoms with E-state index in [4.69, 9.17) is 9.57 Å². The number of hydrogen-bond donors (Lipinski definition) is 1. The molecule has 2 aromatic carbocycles. The minimum atomic E-state index is -0.604. The van der Waals surface area contributed by atoms with E-state index in [0.29, 0.717) is 12.3 Å². The Balaban J connectivity index is 1.90. The lowest BCUT2D eigenvalue weighted by Crippen LogP contribution is -2.43. The largest absolute Gasteiger partial charge is 0.426 e. The van der Waals surface area contributed by atoms with Gasteiger partial charge < -0.3 is 10.1 Å². The van der Waals surface area contributed by atoms with Gasteiger partial charge >= 0.3 is 5.97 Å². The van der Waals surface area contributed by atoms with E-state index in [1.807, 2.05) is 93.4 Å². The van der Waals surface area contributed by atoms with Crippen LogP contribution in [0.3, 0.4) is 0 Å². The highest BCUT2D eigenvalue weighted by Crippen LogP contribution is 2.29. The Labute approximate surface area is 160 Å². The Morgan fingerprint density at radius 3 is 2.26 bits per heavy atom. The van der Waals surface area contributed by atoms with E-state index < -0.39 is 11.6 Å². The molecule has 1 heterocycles. The van der Waals surface area contributed by atoms with Gasteiger partial charge in [0, 0.05) is 5.69 Å². The second-order valence-corrected chi connectivity index (χ2v) is 7.65. The molecule has 2 aromatic rings. The van der Waals surface area contributed by atoms with Gasteiger partial charge in [-0.2, -0.15) is 0 Å². The molecule has 27 heavy (non-hydrogen) atoms. The first-order valence-corrected chi connectivity index (χ1v) is 9.07. The van der Waals surface area contributed by atoms with Gasteiger partial charge in [-0.05, 0) is 57.5 Å². The average Bonchev–Trinajstić information content (AvgIpc) is 2.65. The molecule has 0 aliphatic carbocycles. The molecule has 1 aliphatic heterocycles. The van der Waals surface area contributed by atoms with Crippen molar-refractivity contribution in [3.8, 4) is 0 Å². The van der Waals surface area contributed by atoms with E-state index in [-0.39, 0.29) is 5.97 Å². The first-order valence-electron chi connectivity index (χ1n) is 9.07. The number of carbonyl (C=O) groups is 1. The maximum Gasteiger partial charge on any atom is 0.316 e. The normalized spacial score (nSPS) is 17.6. The van der Waals surface area contributed by atoms with Crippen molar-refractivity contribution < 1.29 is 14.4 Å². The molecule has 3 rings (SSSR count). The van der Waals surface area contributed by atoms with Crippen LogP contribution < -0.4 is 10.4 Å². The van der Waals surface area contributed by atoms with Gasteiger partial charge in [-0.1, -0.05) is 36.4 Å². The third kappa shape index (κ3) is 4.68. The predicted molar refractivity (Wildman–Crippen MR) is 107 cm³/mol. The van der Waals surface area contributed by atoms with Crippen LogP contribution in [0.5, 0.6) is 0 Å². The van der Waals surface area contributed by atoms with Crippen molar-refractivity contribution in [2.24, 2.45) is 5.41 Å². The Hall–Kier alpha value is -2.79. The Morgan fingerprint density at radius 2 is 1.67 bits per heavy atom. The molecule has 0 amide bonds. The van der Waals surface area contributed by atoms with E-state index in [9.17, 15) is 4.79 Å². The van der Waals surface area contributed by atoms with Gasteiger partial charge in [0.2, 0.25) is 6.23 Å². The second kappa shape index (κ2) is 7.84. The summed E-state index contributed by atoms with van der Waals surface area (Å²) in [5.41, 5.74) is 2.17. The summed E-state index contributed by atoms with van der Waals surface area (Å²) in [5.74, 6) is 0.236. The van der Waals surface area contributed by atoms with Crippen LogP contribution in [0.1, 0.15) is 27.7 Å². The van der Waals surface area contributed by atoms with Crippen LogP contribution in [0.25, 0.3) is 0 Å². The molecule has 1 atom stereocenters. The van der Waals surface area contributed by atoms with Crippen molar-refractivity contribution >= 4 is 17.3 Å². The molecule has 1 aliphatic rings. The highest BCUT2D eigenvalue weighted by molar-refractivity contribution is 5.76. The summed E-state index contributed by atoms with van der Waals surface area (Å²) in [4.78, 5) is 18.6. The minimum absolute atomic E-state index is 0.284. The summed E-state index contributed by atoms with van der Waals surface area (Å²) >= 11 is 0. The third-order valence-corrected chi connectivity index (χ3v) is 4.20. The molecule has 0 unspecified atom stereocenters. The first kappa shape index (κ1) is 19.0. The Morgan fingerprint density at radius 1 is 1.07 bits per heavy atom. The second-order valence-electron chi connectivity index (χ2n) is 7.65. The third-order valence-electron chi connectivity index (χ3n) is 4.20. The molecule has 0 radical (unpaired) electrons. The molecule has 0 saturated carbocycles. The predicted octanol–water partition coefficient (Wildman–Crippen LogP) is 4.74. The zero-order valence-corrected chi connectivity index (χ0v) is 16.2. The maximum absolute atomic E-state index is 12.5. The van der Waals surface area contributed by atoms with Crippen molar-refractivity contribution in [1.82, 2.24) is 0 Å². The smallest absolute Gasteiger partial charge is 0.316 e. The van der Waals surface area contributed by atoms with Crippen LogP contribution in [-0.4, -0.2) is 18.7 Å². The fourth-order valence-corrected chi connectivity index (χ4v) is 2.65. The highest BCUT2D eigenvalue weighted by Gasteiger charge is 2.33. The topological polar surface area (TPSA) is 50.8 Å². The molecule has 5 nitrogen and oxygen atoms in total. The number of hydroxylamine groups is 1. The van der Waals surface area contributed by atoms with Crippen LogP contribution in [0.4, 0.5) is 11.4 Å². The van der Waals surface area contributed by atoms with Gasteiger partial charge in [0.05, 0.1) is 17.6 Å². The number of para-hydroxylation sites is 2. The van der Waals surface area contributed by atoms with Gasteiger partial charge in [0.25, 0.3) is 0 Å². The van der Waals surface area contributed by atoms with Crippen molar-refractivity contribution in [3.05, 3.63) is 72.0 Å². The van der Waals surface area contributed by atoms with Crippen LogP contribution in [0.2, 0.25) is 0 Å². The van der Waals surface area contributed by atoms with E-state index in [0.717, 1.165) is 16.9 Å². The van der Waals surface area contributed by atoms with Gasteiger partial charge in [-0.25, -0.2) is 9.90 Å². The molecule has 0 spiro atoms. The van der Waals surface area contributed by atoms with E-state index >= 15 is 0 Å². The van der Waals surface area contributed by atoms with Crippen LogP contribution in [0, 0.1) is 5.41 Å². The molecular formula is C22H26N2O3. The van der Waals surface area contributed by atoms with Crippen molar-refractivity contribution in [3.63, 3.8) is 0 Å². The molecule has 0 aromatic heterocycles. The molecule has 0 fully saturated rings. The number of carbonyl (C=O) groups excluding carboxylic acids is 1. The minimum Gasteiger partial charge on any atom is -0.426 e. The number of esters is 1. The highest BCUT2D eigenvalue weighted by atomic mass is 16.7. The van der Waals surface area contributed by atoms with E-state index in [1.54, 1.807) is 0 Å². The molecule has 1 N–H and O–H groups in total. The zero-order chi connectivity index (χ0) is 19.4. The average molecular weight is 366 g/mol. The SMILES string of the molecule is CC1=C(OC(=O)C(C)(C)C)[C@@H](Nc2ccccc2)ON(c2ccccc2)C1. The Bertz CT molecular complexity index is 810. The summed E-state index contributed by atoms with van der Waals surface area (Å²) in [7, 11) is 0. The first-order chi connectivity index (χ1) is 12.8. The molecule has 0 saturated heterocycles. The lowest BCUT2D eigenvalue weighted by atomic mass is 9.97. The lowest BCUT2D eigenvalue weighted by Gasteiger charge is -2.36. The molecule has 142 valence electrons. The van der Waals surface area contributed by atoms with Gasteiger partial charge in [-0.3, -0.25) is 4.79 Å². The number of hydrogen-bond acceptors (Lipinski definition) is 5. The monoisotopic (exact) mass is 366 g/mol. The zero-order valence-electron chi connectivity index (χ0n) is 16.2.